The summed E-state index contributed by atoms with van der Waals surface area (Å²) < 4.78 is 6.60. The molecule has 1 saturated heterocycles. The van der Waals surface area contributed by atoms with Crippen LogP contribution in [0.5, 0.6) is 0 Å². The molecule has 1 aromatic rings. The van der Waals surface area contributed by atoms with Gasteiger partial charge in [-0.25, -0.2) is 4.79 Å². The molecule has 0 aromatic carbocycles. The number of hydrogen-bond donors (Lipinski definition) is 1. The van der Waals surface area contributed by atoms with Gasteiger partial charge >= 0.3 is 5.97 Å². The fourth-order valence-corrected chi connectivity index (χ4v) is 2.28. The van der Waals surface area contributed by atoms with E-state index in [1.54, 1.807) is 0 Å². The number of aryl methyl sites for hydroxylation is 1. The number of ether oxygens (including phenoxy) is 1. The number of aromatic nitrogens is 1. The molecule has 1 aliphatic heterocycles. The molecule has 0 aliphatic carbocycles. The van der Waals surface area contributed by atoms with Crippen molar-refractivity contribution >= 4 is 5.97 Å². The number of hydrogen-bond acceptors (Lipinski definition) is 3. The minimum atomic E-state index is -0.261. The normalized spacial score (nSPS) is 17.4. The van der Waals surface area contributed by atoms with Gasteiger partial charge in [-0.2, -0.15) is 0 Å². The Morgan fingerprint density at radius 2 is 2.19 bits per heavy atom. The van der Waals surface area contributed by atoms with Crippen LogP contribution in [0.25, 0.3) is 0 Å². The molecule has 0 radical (unpaired) electrons. The number of esters is 1. The number of carbonyl (C=O) groups excluding carboxylic acids is 1. The highest BCUT2D eigenvalue weighted by molar-refractivity contribution is 5.87. The molecule has 0 spiro atoms. The van der Waals surface area contributed by atoms with Gasteiger partial charge in [0.2, 0.25) is 0 Å². The van der Waals surface area contributed by atoms with Crippen LogP contribution in [0.1, 0.15) is 34.8 Å². The van der Waals surface area contributed by atoms with E-state index in [4.69, 9.17) is 4.74 Å². The fourth-order valence-electron chi connectivity index (χ4n) is 2.28. The monoisotopic (exact) mass is 222 g/mol. The predicted molar refractivity (Wildman–Crippen MR) is 61.6 cm³/mol. The summed E-state index contributed by atoms with van der Waals surface area (Å²) in [5.41, 5.74) is 1.89. The maximum absolute atomic E-state index is 11.5. The van der Waals surface area contributed by atoms with E-state index in [9.17, 15) is 4.79 Å². The average molecular weight is 222 g/mol. The van der Waals surface area contributed by atoms with E-state index in [-0.39, 0.29) is 5.97 Å². The van der Waals surface area contributed by atoms with Gasteiger partial charge < -0.3 is 14.6 Å². The van der Waals surface area contributed by atoms with Crippen LogP contribution in [0.3, 0.4) is 0 Å². The van der Waals surface area contributed by atoms with Crippen molar-refractivity contribution < 1.29 is 9.53 Å². The summed E-state index contributed by atoms with van der Waals surface area (Å²) in [6, 6.07) is 1.96. The number of rotatable bonds is 2. The molecule has 0 saturated carbocycles. The number of carbonyl (C=O) groups is 1. The summed E-state index contributed by atoms with van der Waals surface area (Å²) in [7, 11) is 3.30. The second-order valence-electron chi connectivity index (χ2n) is 4.29. The Morgan fingerprint density at radius 1 is 1.50 bits per heavy atom. The fraction of sp³-hybridized carbons (Fsp3) is 0.583. The summed E-state index contributed by atoms with van der Waals surface area (Å²) >= 11 is 0. The van der Waals surface area contributed by atoms with E-state index in [0.717, 1.165) is 25.9 Å². The maximum Gasteiger partial charge on any atom is 0.354 e. The third-order valence-corrected chi connectivity index (χ3v) is 3.23. The minimum absolute atomic E-state index is 0.261. The van der Waals surface area contributed by atoms with Gasteiger partial charge in [-0.15, -0.1) is 0 Å². The highest BCUT2D eigenvalue weighted by Crippen LogP contribution is 2.26. The van der Waals surface area contributed by atoms with Crippen molar-refractivity contribution in [3.05, 3.63) is 23.5 Å². The zero-order valence-electron chi connectivity index (χ0n) is 9.82. The van der Waals surface area contributed by atoms with Crippen molar-refractivity contribution in [1.82, 2.24) is 9.88 Å². The first kappa shape index (κ1) is 11.2. The molecule has 0 unspecified atom stereocenters. The molecule has 16 heavy (non-hydrogen) atoms. The lowest BCUT2D eigenvalue weighted by Crippen LogP contribution is -2.26. The van der Waals surface area contributed by atoms with Gasteiger partial charge in [-0.3, -0.25) is 0 Å². The molecule has 1 fully saturated rings. The molecule has 1 aromatic heterocycles. The summed E-state index contributed by atoms with van der Waals surface area (Å²) in [6.45, 7) is 2.13. The quantitative estimate of drug-likeness (QED) is 0.766. The molecule has 1 N–H and O–H groups in total. The third kappa shape index (κ3) is 2.11. The number of piperidine rings is 1. The molecule has 1 aliphatic rings. The smallest absolute Gasteiger partial charge is 0.354 e. The van der Waals surface area contributed by atoms with Crippen LogP contribution in [0.2, 0.25) is 0 Å². The van der Waals surface area contributed by atoms with Crippen molar-refractivity contribution in [2.24, 2.45) is 7.05 Å². The van der Waals surface area contributed by atoms with E-state index in [0.29, 0.717) is 11.6 Å². The Morgan fingerprint density at radius 3 is 2.81 bits per heavy atom. The Hall–Kier alpha value is -1.29. The highest BCUT2D eigenvalue weighted by atomic mass is 16.5. The number of nitrogens with zero attached hydrogens (tertiary/aromatic N) is 1. The van der Waals surface area contributed by atoms with Gasteiger partial charge in [0.05, 0.1) is 7.11 Å². The van der Waals surface area contributed by atoms with Crippen LogP contribution in [0.15, 0.2) is 12.3 Å². The highest BCUT2D eigenvalue weighted by Gasteiger charge is 2.19. The average Bonchev–Trinajstić information content (AvgIpc) is 2.71. The summed E-state index contributed by atoms with van der Waals surface area (Å²) in [6.07, 6.45) is 4.33. The summed E-state index contributed by atoms with van der Waals surface area (Å²) in [5.74, 6) is 0.313. The molecular formula is C12H18N2O2. The van der Waals surface area contributed by atoms with Crippen LogP contribution in [0, 0.1) is 0 Å². The Kier molecular flexibility index (Phi) is 3.29. The van der Waals surface area contributed by atoms with Crippen molar-refractivity contribution in [2.45, 2.75) is 18.8 Å². The minimum Gasteiger partial charge on any atom is -0.464 e. The Bertz CT molecular complexity index is 378. The van der Waals surface area contributed by atoms with E-state index < -0.39 is 0 Å². The van der Waals surface area contributed by atoms with Crippen molar-refractivity contribution in [1.29, 1.82) is 0 Å². The predicted octanol–water partition coefficient (Wildman–Crippen LogP) is 1.28. The zero-order chi connectivity index (χ0) is 11.5. The summed E-state index contributed by atoms with van der Waals surface area (Å²) in [4.78, 5) is 11.5. The molecule has 0 bridgehead atoms. The molecular weight excluding hydrogens is 204 g/mol. The molecule has 2 heterocycles. The van der Waals surface area contributed by atoms with Crippen molar-refractivity contribution in [3.63, 3.8) is 0 Å². The lowest BCUT2D eigenvalue weighted by atomic mass is 9.92. The first-order valence-corrected chi connectivity index (χ1v) is 5.67. The first-order valence-electron chi connectivity index (χ1n) is 5.67. The zero-order valence-corrected chi connectivity index (χ0v) is 9.82. The SMILES string of the molecule is COC(=O)c1cc(C2CCNCC2)cn1C. The van der Waals surface area contributed by atoms with Crippen LogP contribution in [-0.4, -0.2) is 30.7 Å². The van der Waals surface area contributed by atoms with E-state index >= 15 is 0 Å². The second kappa shape index (κ2) is 4.70. The Balaban J connectivity index is 2.19. The van der Waals surface area contributed by atoms with Crippen LogP contribution in [0.4, 0.5) is 0 Å². The lowest BCUT2D eigenvalue weighted by Gasteiger charge is -2.21. The maximum atomic E-state index is 11.5. The molecule has 4 heteroatoms. The van der Waals surface area contributed by atoms with Crippen LogP contribution < -0.4 is 5.32 Å². The van der Waals surface area contributed by atoms with Gasteiger partial charge in [-0.1, -0.05) is 0 Å². The molecule has 4 nitrogen and oxygen atoms in total. The molecule has 88 valence electrons. The summed E-state index contributed by atoms with van der Waals surface area (Å²) in [5, 5.41) is 3.34. The van der Waals surface area contributed by atoms with Crippen LogP contribution in [-0.2, 0) is 11.8 Å². The van der Waals surface area contributed by atoms with Gasteiger partial charge in [0.25, 0.3) is 0 Å². The van der Waals surface area contributed by atoms with E-state index in [1.807, 2.05) is 23.9 Å². The van der Waals surface area contributed by atoms with Crippen LogP contribution >= 0.6 is 0 Å². The number of nitrogens with one attached hydrogen (secondary N) is 1. The molecule has 0 amide bonds. The van der Waals surface area contributed by atoms with Crippen molar-refractivity contribution in [3.8, 4) is 0 Å². The molecule has 0 atom stereocenters. The van der Waals surface area contributed by atoms with Gasteiger partial charge in [0.15, 0.2) is 0 Å². The topological polar surface area (TPSA) is 43.3 Å². The van der Waals surface area contributed by atoms with E-state index in [1.165, 1.54) is 12.7 Å². The third-order valence-electron chi connectivity index (χ3n) is 3.23. The van der Waals surface area contributed by atoms with Crippen molar-refractivity contribution in [2.75, 3.05) is 20.2 Å². The van der Waals surface area contributed by atoms with Gasteiger partial charge in [-0.05, 0) is 43.5 Å². The standard InChI is InChI=1S/C12H18N2O2/c1-14-8-10(7-11(14)12(15)16-2)9-3-5-13-6-4-9/h7-9,13H,3-6H2,1-2H3. The number of methoxy groups -OCH3 is 1. The lowest BCUT2D eigenvalue weighted by molar-refractivity contribution is 0.0590. The largest absolute Gasteiger partial charge is 0.464 e. The first-order chi connectivity index (χ1) is 7.72. The second-order valence-corrected chi connectivity index (χ2v) is 4.29. The molecule has 2 rings (SSSR count). The van der Waals surface area contributed by atoms with E-state index in [2.05, 4.69) is 5.32 Å². The Labute approximate surface area is 95.6 Å². The van der Waals surface area contributed by atoms with Gasteiger partial charge in [0, 0.05) is 13.2 Å². The van der Waals surface area contributed by atoms with Gasteiger partial charge in [0.1, 0.15) is 5.69 Å².